The van der Waals surface area contributed by atoms with Crippen molar-refractivity contribution in [1.82, 2.24) is 5.32 Å². The maximum Gasteiger partial charge on any atom is 0.416 e. The molecule has 2 N–H and O–H groups in total. The number of alkyl halides is 3. The molecule has 0 bridgehead atoms. The van der Waals surface area contributed by atoms with Crippen LogP contribution >= 0.6 is 11.8 Å². The Morgan fingerprint density at radius 1 is 1.28 bits per heavy atom. The second kappa shape index (κ2) is 9.07. The zero-order valence-corrected chi connectivity index (χ0v) is 16.4. The summed E-state index contributed by atoms with van der Waals surface area (Å²) in [6.07, 6.45) is -5.04. The van der Waals surface area contributed by atoms with Crippen molar-refractivity contribution in [3.63, 3.8) is 0 Å². The summed E-state index contributed by atoms with van der Waals surface area (Å²) in [5.74, 6) is -2.15. The molecule has 1 heterocycles. The highest BCUT2D eigenvalue weighted by atomic mass is 32.2. The Bertz CT molecular complexity index is 895. The van der Waals surface area contributed by atoms with Crippen LogP contribution in [0.1, 0.15) is 36.2 Å². The van der Waals surface area contributed by atoms with E-state index >= 15 is 0 Å². The van der Waals surface area contributed by atoms with E-state index in [1.165, 1.54) is 0 Å². The molecular weight excluding hydrogens is 413 g/mol. The number of benzene rings is 1. The highest BCUT2D eigenvalue weighted by molar-refractivity contribution is 8.15. The lowest BCUT2D eigenvalue weighted by atomic mass is 10.1. The molecule has 1 aliphatic heterocycles. The number of amides is 2. The van der Waals surface area contributed by atoms with Crippen molar-refractivity contribution in [2.45, 2.75) is 31.7 Å². The van der Waals surface area contributed by atoms with Gasteiger partial charge in [0.15, 0.2) is 5.17 Å². The van der Waals surface area contributed by atoms with Gasteiger partial charge in [-0.2, -0.15) is 18.3 Å². The molecule has 0 radical (unpaired) electrons. The van der Waals surface area contributed by atoms with Crippen LogP contribution in [0, 0.1) is 0 Å². The summed E-state index contributed by atoms with van der Waals surface area (Å²) in [6, 6.07) is 2.38. The minimum Gasteiger partial charge on any atom is -0.465 e. The number of nitrogens with zero attached hydrogens (tertiary/aromatic N) is 2. The third-order valence-electron chi connectivity index (χ3n) is 3.45. The number of amidine groups is 1. The predicted molar refractivity (Wildman–Crippen MR) is 102 cm³/mol. The summed E-state index contributed by atoms with van der Waals surface area (Å²) in [5, 5.41) is 11.8. The third-order valence-corrected chi connectivity index (χ3v) is 4.53. The summed E-state index contributed by atoms with van der Waals surface area (Å²) in [5.41, 5.74) is -1.06. The van der Waals surface area contributed by atoms with Crippen LogP contribution in [0.2, 0.25) is 0 Å². The van der Waals surface area contributed by atoms with Gasteiger partial charge in [-0.1, -0.05) is 11.8 Å². The SMILES string of the molecule is COC(=O)c1cc(NC(=O)CC2S/C(=N/N=C(C)C)NC2=O)cc(C(F)(F)F)c1. The third kappa shape index (κ3) is 6.31. The number of rotatable bonds is 5. The van der Waals surface area contributed by atoms with Gasteiger partial charge in [0.25, 0.3) is 0 Å². The van der Waals surface area contributed by atoms with Gasteiger partial charge in [0.1, 0.15) is 5.25 Å². The van der Waals surface area contributed by atoms with E-state index in [9.17, 15) is 27.6 Å². The second-order valence-corrected chi connectivity index (χ2v) is 7.28. The number of esters is 1. The van der Waals surface area contributed by atoms with Crippen LogP contribution in [0.15, 0.2) is 28.4 Å². The molecule has 8 nitrogen and oxygen atoms in total. The van der Waals surface area contributed by atoms with Crippen molar-refractivity contribution < 1.29 is 32.3 Å². The molecule has 12 heteroatoms. The summed E-state index contributed by atoms with van der Waals surface area (Å²) < 4.78 is 43.6. The van der Waals surface area contributed by atoms with Crippen LogP contribution in [0.25, 0.3) is 0 Å². The summed E-state index contributed by atoms with van der Waals surface area (Å²) in [7, 11) is 1.03. The maximum absolute atomic E-state index is 13.1. The fraction of sp³-hybridized carbons (Fsp3) is 0.353. The first-order valence-electron chi connectivity index (χ1n) is 8.16. The number of hydrogen-bond acceptors (Lipinski definition) is 7. The number of methoxy groups -OCH3 is 1. The number of halogens is 3. The molecule has 156 valence electrons. The Morgan fingerprint density at radius 2 is 1.97 bits per heavy atom. The molecule has 0 aliphatic carbocycles. The van der Waals surface area contributed by atoms with E-state index in [4.69, 9.17) is 0 Å². The molecule has 1 saturated heterocycles. The number of ether oxygens (including phenoxy) is 1. The van der Waals surface area contributed by atoms with E-state index < -0.39 is 34.8 Å². The molecule has 1 unspecified atom stereocenters. The fourth-order valence-corrected chi connectivity index (χ4v) is 3.13. The van der Waals surface area contributed by atoms with Gasteiger partial charge in [-0.05, 0) is 32.0 Å². The van der Waals surface area contributed by atoms with Crippen LogP contribution in [0.5, 0.6) is 0 Å². The lowest BCUT2D eigenvalue weighted by molar-refractivity contribution is -0.137. The number of thioether (sulfide) groups is 1. The van der Waals surface area contributed by atoms with Gasteiger partial charge in [0, 0.05) is 17.8 Å². The predicted octanol–water partition coefficient (Wildman–Crippen LogP) is 2.80. The molecule has 0 aromatic heterocycles. The first kappa shape index (κ1) is 22.4. The van der Waals surface area contributed by atoms with Gasteiger partial charge in [-0.15, -0.1) is 5.10 Å². The van der Waals surface area contributed by atoms with Gasteiger partial charge >= 0.3 is 12.1 Å². The normalized spacial score (nSPS) is 17.7. The van der Waals surface area contributed by atoms with E-state index in [1.54, 1.807) is 13.8 Å². The first-order chi connectivity index (χ1) is 13.5. The van der Waals surface area contributed by atoms with E-state index in [0.717, 1.165) is 24.9 Å². The van der Waals surface area contributed by atoms with Crippen LogP contribution < -0.4 is 10.6 Å². The number of carbonyl (C=O) groups is 3. The Hall–Kier alpha value is -2.89. The largest absolute Gasteiger partial charge is 0.465 e. The standard InChI is InChI=1S/C17H17F3N4O4S/c1-8(2)23-24-16-22-14(26)12(29-16)7-13(25)21-11-5-9(15(27)28-3)4-10(6-11)17(18,19)20/h4-6,12H,7H2,1-3H3,(H,21,25)(H,22,24,26). The van der Waals surface area contributed by atoms with Gasteiger partial charge in [0.2, 0.25) is 11.8 Å². The maximum atomic E-state index is 13.1. The molecule has 2 amide bonds. The number of anilines is 1. The van der Waals surface area contributed by atoms with Crippen LogP contribution in [-0.2, 0) is 20.5 Å². The topological polar surface area (TPSA) is 109 Å². The van der Waals surface area contributed by atoms with Crippen molar-refractivity contribution in [2.24, 2.45) is 10.2 Å². The van der Waals surface area contributed by atoms with Crippen molar-refractivity contribution >= 4 is 46.1 Å². The number of carbonyl (C=O) groups excluding carboxylic acids is 3. The minimum absolute atomic E-state index is 0.223. The molecular formula is C17H17F3N4O4S. The van der Waals surface area contributed by atoms with Crippen molar-refractivity contribution in [3.8, 4) is 0 Å². The molecule has 1 fully saturated rings. The van der Waals surface area contributed by atoms with Crippen LogP contribution in [-0.4, -0.2) is 41.0 Å². The lowest BCUT2D eigenvalue weighted by Crippen LogP contribution is -2.28. The van der Waals surface area contributed by atoms with E-state index in [-0.39, 0.29) is 22.8 Å². The van der Waals surface area contributed by atoms with E-state index in [2.05, 4.69) is 25.6 Å². The average Bonchev–Trinajstić information content (AvgIpc) is 2.97. The second-order valence-electron chi connectivity index (χ2n) is 6.09. The summed E-state index contributed by atoms with van der Waals surface area (Å²) in [6.45, 7) is 3.43. The van der Waals surface area contributed by atoms with Gasteiger partial charge < -0.3 is 15.4 Å². The zero-order valence-electron chi connectivity index (χ0n) is 15.6. The summed E-state index contributed by atoms with van der Waals surface area (Å²) in [4.78, 5) is 35.8. The van der Waals surface area contributed by atoms with Gasteiger partial charge in [-0.25, -0.2) is 4.79 Å². The van der Waals surface area contributed by atoms with Gasteiger partial charge in [-0.3, -0.25) is 9.59 Å². The van der Waals surface area contributed by atoms with Crippen LogP contribution in [0.3, 0.4) is 0 Å². The smallest absolute Gasteiger partial charge is 0.416 e. The fourth-order valence-electron chi connectivity index (χ4n) is 2.21. The molecule has 0 saturated carbocycles. The van der Waals surface area contributed by atoms with Crippen molar-refractivity contribution in [2.75, 3.05) is 12.4 Å². The van der Waals surface area contributed by atoms with E-state index in [1.807, 2.05) is 0 Å². The summed E-state index contributed by atoms with van der Waals surface area (Å²) >= 11 is 0.986. The minimum atomic E-state index is -4.73. The molecule has 1 atom stereocenters. The molecule has 1 aliphatic rings. The monoisotopic (exact) mass is 430 g/mol. The Labute approximate surface area is 168 Å². The molecule has 29 heavy (non-hydrogen) atoms. The average molecular weight is 430 g/mol. The Morgan fingerprint density at radius 3 is 2.55 bits per heavy atom. The molecule has 1 aromatic rings. The highest BCUT2D eigenvalue weighted by Gasteiger charge is 2.34. The molecule has 0 spiro atoms. The quantitative estimate of drug-likeness (QED) is 0.424. The zero-order chi connectivity index (χ0) is 21.8. The number of nitrogens with one attached hydrogen (secondary N) is 2. The first-order valence-corrected chi connectivity index (χ1v) is 9.04. The van der Waals surface area contributed by atoms with Crippen molar-refractivity contribution in [3.05, 3.63) is 29.3 Å². The Balaban J connectivity index is 2.14. The van der Waals surface area contributed by atoms with Crippen LogP contribution in [0.4, 0.5) is 18.9 Å². The van der Waals surface area contributed by atoms with Gasteiger partial charge in [0.05, 0.1) is 18.2 Å². The van der Waals surface area contributed by atoms with E-state index in [0.29, 0.717) is 17.8 Å². The molecule has 1 aromatic carbocycles. The molecule has 2 rings (SSSR count). The Kier molecular flexibility index (Phi) is 7.01. The highest BCUT2D eigenvalue weighted by Crippen LogP contribution is 2.32. The lowest BCUT2D eigenvalue weighted by Gasteiger charge is -2.13. The number of hydrogen-bond donors (Lipinski definition) is 2. The van der Waals surface area contributed by atoms with Crippen molar-refractivity contribution in [1.29, 1.82) is 0 Å².